The molecule has 166 valence electrons. The van der Waals surface area contributed by atoms with Crippen molar-refractivity contribution in [2.24, 2.45) is 0 Å². The Morgan fingerprint density at radius 3 is 2.48 bits per heavy atom. The number of halogens is 4. The highest BCUT2D eigenvalue weighted by atomic mass is 35.5. The van der Waals surface area contributed by atoms with Gasteiger partial charge in [-0.15, -0.1) is 0 Å². The van der Waals surface area contributed by atoms with Crippen LogP contribution in [-0.4, -0.2) is 21.3 Å². The van der Waals surface area contributed by atoms with E-state index in [1.165, 1.54) is 18.2 Å². The van der Waals surface area contributed by atoms with Gasteiger partial charge in [-0.05, 0) is 36.4 Å². The largest absolute Gasteiger partial charge is 0.478 e. The van der Waals surface area contributed by atoms with Crippen LogP contribution in [-0.2, 0) is 11.0 Å². The lowest BCUT2D eigenvalue weighted by Crippen LogP contribution is -2.29. The highest BCUT2D eigenvalue weighted by Gasteiger charge is 2.45. The number of carbonyl (C=O) groups is 2. The van der Waals surface area contributed by atoms with E-state index in [1.54, 1.807) is 12.1 Å². The lowest BCUT2D eigenvalue weighted by atomic mass is 10.1. The summed E-state index contributed by atoms with van der Waals surface area (Å²) in [5, 5.41) is 9.52. The van der Waals surface area contributed by atoms with E-state index in [4.69, 9.17) is 28.2 Å². The van der Waals surface area contributed by atoms with Crippen molar-refractivity contribution in [3.05, 3.63) is 80.9 Å². The van der Waals surface area contributed by atoms with Crippen molar-refractivity contribution in [3.8, 4) is 11.3 Å². The predicted molar refractivity (Wildman–Crippen MR) is 121 cm³/mol. The number of aromatic carboxylic acids is 1. The molecule has 1 saturated heterocycles. The molecule has 0 saturated carbocycles. The number of benzene rings is 2. The molecule has 1 aliphatic heterocycles. The number of thiocarbonyl (C=S) groups is 1. The normalized spacial score (nSPS) is 17.5. The third kappa shape index (κ3) is 3.54. The van der Waals surface area contributed by atoms with Gasteiger partial charge >= 0.3 is 12.1 Å². The SMILES string of the molecule is O=C(O)c1ccccc1N1C(=O)C(=C2c3cc(-c4cc(C(F)(F)F)ccc4Cl)oc32)SC1=S. The molecule has 0 bridgehead atoms. The number of fused-ring (bicyclic) bond motifs is 1. The van der Waals surface area contributed by atoms with Crippen molar-refractivity contribution in [1.29, 1.82) is 0 Å². The summed E-state index contributed by atoms with van der Waals surface area (Å²) in [5.41, 5.74) is 0.354. The fraction of sp³-hybridized carbons (Fsp3) is 0.0455. The van der Waals surface area contributed by atoms with Crippen LogP contribution in [0, 0.1) is 0 Å². The Balaban J connectivity index is 1.48. The summed E-state index contributed by atoms with van der Waals surface area (Å²) >= 11 is 12.4. The number of para-hydroxylation sites is 1. The van der Waals surface area contributed by atoms with Crippen molar-refractivity contribution in [2.45, 2.75) is 6.18 Å². The Morgan fingerprint density at radius 2 is 1.85 bits per heavy atom. The average molecular weight is 508 g/mol. The number of thioether (sulfide) groups is 1. The van der Waals surface area contributed by atoms with Crippen LogP contribution < -0.4 is 4.90 Å². The van der Waals surface area contributed by atoms with Crippen molar-refractivity contribution in [1.82, 2.24) is 0 Å². The maximum absolute atomic E-state index is 13.1. The minimum atomic E-state index is -4.53. The second-order valence-corrected chi connectivity index (χ2v) is 9.13. The lowest BCUT2D eigenvalue weighted by molar-refractivity contribution is -0.137. The molecule has 0 atom stereocenters. The van der Waals surface area contributed by atoms with Crippen LogP contribution in [0.3, 0.4) is 0 Å². The van der Waals surface area contributed by atoms with E-state index in [-0.39, 0.29) is 36.8 Å². The number of furan rings is 1. The van der Waals surface area contributed by atoms with Crippen LogP contribution in [0.15, 0.2) is 57.9 Å². The van der Waals surface area contributed by atoms with Gasteiger partial charge in [0.1, 0.15) is 11.5 Å². The summed E-state index contributed by atoms with van der Waals surface area (Å²) in [6.45, 7) is 0. The fourth-order valence-corrected chi connectivity index (χ4v) is 5.10. The lowest BCUT2D eigenvalue weighted by Gasteiger charge is -2.16. The Morgan fingerprint density at radius 1 is 1.12 bits per heavy atom. The number of hydrogen-bond donors (Lipinski definition) is 1. The Kier molecular flexibility index (Phi) is 4.93. The van der Waals surface area contributed by atoms with E-state index in [0.717, 1.165) is 34.9 Å². The molecule has 1 aromatic heterocycles. The molecule has 0 unspecified atom stereocenters. The molecule has 0 radical (unpaired) electrons. The molecule has 3 aromatic rings. The first-order valence-corrected chi connectivity index (χ1v) is 10.8. The van der Waals surface area contributed by atoms with Crippen LogP contribution in [0.2, 0.25) is 5.02 Å². The molecule has 1 fully saturated rings. The quantitative estimate of drug-likeness (QED) is 0.254. The number of amides is 1. The van der Waals surface area contributed by atoms with E-state index in [0.29, 0.717) is 16.9 Å². The molecule has 33 heavy (non-hydrogen) atoms. The molecular weight excluding hydrogens is 499 g/mol. The summed E-state index contributed by atoms with van der Waals surface area (Å²) in [7, 11) is 0. The molecule has 1 amide bonds. The first kappa shape index (κ1) is 21.7. The van der Waals surface area contributed by atoms with Crippen LogP contribution in [0.1, 0.15) is 27.2 Å². The smallest absolute Gasteiger partial charge is 0.416 e. The highest BCUT2D eigenvalue weighted by molar-refractivity contribution is 8.27. The third-order valence-electron chi connectivity index (χ3n) is 5.10. The van der Waals surface area contributed by atoms with Gasteiger partial charge in [-0.25, -0.2) is 4.79 Å². The van der Waals surface area contributed by atoms with Gasteiger partial charge in [0.2, 0.25) is 0 Å². The number of alkyl halides is 3. The topological polar surface area (TPSA) is 70.8 Å². The molecule has 1 N–H and O–H groups in total. The van der Waals surface area contributed by atoms with Gasteiger partial charge in [-0.2, -0.15) is 13.2 Å². The van der Waals surface area contributed by atoms with Gasteiger partial charge in [0, 0.05) is 16.7 Å². The standard InChI is InChI=1S/C22H9ClF3NO4S2/c23-13-6-5-9(22(24,25)26)7-11(13)15-8-12-16(17(12)31-15)18-19(28)27(21(32)33-18)14-4-2-1-3-10(14)20(29)30/h1-8H,(H,29,30). The Hall–Kier alpha value is -3.08. The maximum atomic E-state index is 13.1. The maximum Gasteiger partial charge on any atom is 0.416 e. The zero-order valence-electron chi connectivity index (χ0n) is 16.1. The summed E-state index contributed by atoms with van der Waals surface area (Å²) in [4.78, 5) is 26.0. The number of carbonyl (C=O) groups excluding carboxylic acids is 1. The molecule has 11 heteroatoms. The van der Waals surface area contributed by atoms with Crippen LogP contribution >= 0.6 is 35.6 Å². The molecule has 2 aliphatic rings. The van der Waals surface area contributed by atoms with Gasteiger partial charge in [0.15, 0.2) is 4.32 Å². The Labute approximate surface area is 198 Å². The monoisotopic (exact) mass is 507 g/mol. The van der Waals surface area contributed by atoms with Gasteiger partial charge in [-0.1, -0.05) is 47.7 Å². The van der Waals surface area contributed by atoms with Crippen molar-refractivity contribution >= 4 is 63.0 Å². The number of carboxylic acids is 1. The summed E-state index contributed by atoms with van der Waals surface area (Å²) in [5.74, 6) is -1.20. The third-order valence-corrected chi connectivity index (χ3v) is 6.80. The average Bonchev–Trinajstić information content (AvgIpc) is 3.08. The van der Waals surface area contributed by atoms with Gasteiger partial charge in [0.25, 0.3) is 5.91 Å². The van der Waals surface area contributed by atoms with Gasteiger partial charge < -0.3 is 9.52 Å². The molecule has 2 heterocycles. The molecule has 2 aromatic carbocycles. The first-order chi connectivity index (χ1) is 15.6. The molecule has 0 spiro atoms. The van der Waals surface area contributed by atoms with E-state index in [9.17, 15) is 27.9 Å². The minimum absolute atomic E-state index is 0.0750. The summed E-state index contributed by atoms with van der Waals surface area (Å²) in [6, 6.07) is 10.4. The molecule has 5 nitrogen and oxygen atoms in total. The highest BCUT2D eigenvalue weighted by Crippen LogP contribution is 2.54. The van der Waals surface area contributed by atoms with Crippen molar-refractivity contribution in [2.75, 3.05) is 4.90 Å². The zero-order valence-corrected chi connectivity index (χ0v) is 18.5. The van der Waals surface area contributed by atoms with Crippen LogP contribution in [0.25, 0.3) is 16.9 Å². The number of nitrogens with zero attached hydrogens (tertiary/aromatic N) is 1. The molecule has 1 aliphatic carbocycles. The van der Waals surface area contributed by atoms with Crippen LogP contribution in [0.4, 0.5) is 18.9 Å². The van der Waals surface area contributed by atoms with E-state index in [1.807, 2.05) is 0 Å². The number of hydrogen-bond acceptors (Lipinski definition) is 5. The van der Waals surface area contributed by atoms with Crippen molar-refractivity contribution in [3.63, 3.8) is 0 Å². The summed E-state index contributed by atoms with van der Waals surface area (Å²) in [6.07, 6.45) is -4.53. The number of anilines is 1. The van der Waals surface area contributed by atoms with Gasteiger partial charge in [0.05, 0.1) is 26.7 Å². The molecule has 5 rings (SSSR count). The number of carboxylic acid groups (broad SMARTS) is 1. The van der Waals surface area contributed by atoms with E-state index in [2.05, 4.69) is 0 Å². The first-order valence-electron chi connectivity index (χ1n) is 9.22. The summed E-state index contributed by atoms with van der Waals surface area (Å²) < 4.78 is 45.0. The van der Waals surface area contributed by atoms with Crippen molar-refractivity contribution < 1.29 is 32.3 Å². The van der Waals surface area contributed by atoms with E-state index >= 15 is 0 Å². The molecular formula is C22H9ClF3NO4S2. The predicted octanol–water partition coefficient (Wildman–Crippen LogP) is 6.45. The fourth-order valence-electron chi connectivity index (χ4n) is 3.52. The number of rotatable bonds is 3. The second kappa shape index (κ2) is 7.47. The van der Waals surface area contributed by atoms with Crippen LogP contribution in [0.5, 0.6) is 0 Å². The Bertz CT molecular complexity index is 1400. The minimum Gasteiger partial charge on any atom is -0.478 e. The zero-order chi connectivity index (χ0) is 23.7. The van der Waals surface area contributed by atoms with E-state index < -0.39 is 23.6 Å². The second-order valence-electron chi connectivity index (χ2n) is 7.08. The van der Waals surface area contributed by atoms with Gasteiger partial charge in [-0.3, -0.25) is 9.69 Å².